The van der Waals surface area contributed by atoms with Crippen LogP contribution in [0.5, 0.6) is 0 Å². The molecule has 7 nitrogen and oxygen atoms in total. The lowest BCUT2D eigenvalue weighted by Crippen LogP contribution is -2.43. The lowest BCUT2D eigenvalue weighted by atomic mass is 10.1. The number of halogens is 1. The smallest absolute Gasteiger partial charge is 0.191 e. The van der Waals surface area contributed by atoms with Crippen molar-refractivity contribution < 1.29 is 4.74 Å². The molecule has 0 saturated heterocycles. The first kappa shape index (κ1) is 23.1. The molecule has 140 valence electrons. The molecule has 2 N–H and O–H groups in total. The van der Waals surface area contributed by atoms with Crippen molar-refractivity contribution in [3.8, 4) is 0 Å². The lowest BCUT2D eigenvalue weighted by Gasteiger charge is -2.18. The van der Waals surface area contributed by atoms with E-state index in [2.05, 4.69) is 39.7 Å². The molecule has 1 rings (SSSR count). The number of nitrogens with one attached hydrogen (secondary N) is 2. The highest BCUT2D eigenvalue weighted by molar-refractivity contribution is 14.0. The second-order valence-corrected chi connectivity index (χ2v) is 5.85. The molecule has 1 atom stereocenters. The summed E-state index contributed by atoms with van der Waals surface area (Å²) in [6.45, 7) is 8.22. The van der Waals surface area contributed by atoms with Crippen LogP contribution in [0.4, 0.5) is 0 Å². The van der Waals surface area contributed by atoms with Gasteiger partial charge < -0.3 is 19.9 Å². The minimum atomic E-state index is 0. The molecule has 0 aliphatic carbocycles. The maximum absolute atomic E-state index is 5.09. The number of hydrogen-bond acceptors (Lipinski definition) is 4. The van der Waals surface area contributed by atoms with E-state index in [4.69, 9.17) is 4.74 Å². The highest BCUT2D eigenvalue weighted by Gasteiger charge is 2.07. The number of nitrogens with zero attached hydrogens (tertiary/aromatic N) is 4. The molecule has 8 heteroatoms. The van der Waals surface area contributed by atoms with Crippen LogP contribution in [0, 0.1) is 6.92 Å². The molecule has 0 spiro atoms. The average Bonchev–Trinajstić information content (AvgIpc) is 2.84. The number of aromatic nitrogens is 3. The number of aliphatic imine (C=N–C) groups is 1. The summed E-state index contributed by atoms with van der Waals surface area (Å²) in [4.78, 5) is 4.62. The number of guanidine groups is 1. The van der Waals surface area contributed by atoms with Crippen molar-refractivity contribution >= 4 is 29.9 Å². The Morgan fingerprint density at radius 2 is 2.08 bits per heavy atom. The second-order valence-electron chi connectivity index (χ2n) is 5.85. The first-order valence-electron chi connectivity index (χ1n) is 8.47. The molecular weight excluding hydrogens is 419 g/mol. The summed E-state index contributed by atoms with van der Waals surface area (Å²) in [6, 6.07) is 0.386. The van der Waals surface area contributed by atoms with Gasteiger partial charge >= 0.3 is 0 Å². The quantitative estimate of drug-likeness (QED) is 0.247. The molecular formula is C16H33IN6O. The van der Waals surface area contributed by atoms with Gasteiger partial charge in [0.05, 0.1) is 6.61 Å². The minimum absolute atomic E-state index is 0. The van der Waals surface area contributed by atoms with Crippen LogP contribution in [0.3, 0.4) is 0 Å². The van der Waals surface area contributed by atoms with Gasteiger partial charge in [-0.25, -0.2) is 4.99 Å². The van der Waals surface area contributed by atoms with Crippen molar-refractivity contribution in [3.05, 3.63) is 11.6 Å². The van der Waals surface area contributed by atoms with E-state index in [-0.39, 0.29) is 24.0 Å². The maximum atomic E-state index is 5.09. The van der Waals surface area contributed by atoms with Crippen LogP contribution < -0.4 is 10.6 Å². The summed E-state index contributed by atoms with van der Waals surface area (Å²) < 4.78 is 7.05. The van der Waals surface area contributed by atoms with Crippen LogP contribution in [-0.2, 0) is 18.3 Å². The Bertz CT molecular complexity index is 477. The zero-order valence-corrected chi connectivity index (χ0v) is 18.0. The van der Waals surface area contributed by atoms with E-state index in [9.17, 15) is 0 Å². The van der Waals surface area contributed by atoms with Crippen molar-refractivity contribution in [2.24, 2.45) is 12.0 Å². The molecule has 0 radical (unpaired) electrons. The van der Waals surface area contributed by atoms with Crippen LogP contribution in [0.1, 0.15) is 51.2 Å². The van der Waals surface area contributed by atoms with Crippen LogP contribution in [0.15, 0.2) is 4.99 Å². The third-order valence-electron chi connectivity index (χ3n) is 3.78. The van der Waals surface area contributed by atoms with Crippen molar-refractivity contribution in [1.29, 1.82) is 0 Å². The van der Waals surface area contributed by atoms with Crippen LogP contribution in [0.25, 0.3) is 0 Å². The molecule has 1 aromatic rings. The fourth-order valence-electron chi connectivity index (χ4n) is 2.17. The molecule has 0 fully saturated rings. The van der Waals surface area contributed by atoms with Gasteiger partial charge in [0.1, 0.15) is 12.4 Å². The fourth-order valence-corrected chi connectivity index (χ4v) is 2.17. The Hall–Kier alpha value is -0.900. The Balaban J connectivity index is 0.00000529. The van der Waals surface area contributed by atoms with Crippen molar-refractivity contribution in [1.82, 2.24) is 25.4 Å². The van der Waals surface area contributed by atoms with Crippen LogP contribution >= 0.6 is 24.0 Å². The number of ether oxygens (including phenoxy) is 1. The maximum Gasteiger partial charge on any atom is 0.191 e. The summed E-state index contributed by atoms with van der Waals surface area (Å²) >= 11 is 0. The largest absolute Gasteiger partial charge is 0.383 e. The third-order valence-corrected chi connectivity index (χ3v) is 3.78. The number of hydrogen-bond donors (Lipinski definition) is 2. The van der Waals surface area contributed by atoms with E-state index >= 15 is 0 Å². The van der Waals surface area contributed by atoms with E-state index in [1.807, 2.05) is 18.5 Å². The molecule has 0 amide bonds. The van der Waals surface area contributed by atoms with E-state index in [1.54, 1.807) is 7.11 Å². The van der Waals surface area contributed by atoms with Gasteiger partial charge in [-0.3, -0.25) is 0 Å². The number of unbranched alkanes of at least 4 members (excludes halogenated alkanes) is 2. The average molecular weight is 452 g/mol. The number of rotatable bonds is 10. The van der Waals surface area contributed by atoms with Crippen molar-refractivity contribution in [3.63, 3.8) is 0 Å². The topological polar surface area (TPSA) is 76.4 Å². The van der Waals surface area contributed by atoms with Gasteiger partial charge in [-0.05, 0) is 20.3 Å². The van der Waals surface area contributed by atoms with Gasteiger partial charge in [-0.2, -0.15) is 0 Å². The Morgan fingerprint density at radius 3 is 2.67 bits per heavy atom. The first-order chi connectivity index (χ1) is 11.1. The Morgan fingerprint density at radius 1 is 1.33 bits per heavy atom. The summed E-state index contributed by atoms with van der Waals surface area (Å²) in [7, 11) is 3.65. The summed E-state index contributed by atoms with van der Waals surface area (Å²) in [6.07, 6.45) is 4.89. The molecule has 1 unspecified atom stereocenters. The fraction of sp³-hybridized carbons (Fsp3) is 0.812. The number of methoxy groups -OCH3 is 1. The lowest BCUT2D eigenvalue weighted by molar-refractivity contribution is 0.203. The zero-order valence-electron chi connectivity index (χ0n) is 15.6. The highest BCUT2D eigenvalue weighted by Crippen LogP contribution is 2.03. The monoisotopic (exact) mass is 452 g/mol. The van der Waals surface area contributed by atoms with Gasteiger partial charge in [-0.15, -0.1) is 34.2 Å². The van der Waals surface area contributed by atoms with E-state index < -0.39 is 0 Å². The normalized spacial score (nSPS) is 12.6. The van der Waals surface area contributed by atoms with Gasteiger partial charge in [0.2, 0.25) is 0 Å². The summed E-state index contributed by atoms with van der Waals surface area (Å²) in [5.41, 5.74) is 0. The third kappa shape index (κ3) is 8.81. The molecule has 0 aliphatic heterocycles. The molecule has 0 aromatic carbocycles. The van der Waals surface area contributed by atoms with Gasteiger partial charge in [0.15, 0.2) is 11.8 Å². The molecule has 1 aromatic heterocycles. The molecule has 0 aliphatic rings. The molecule has 0 bridgehead atoms. The standard InChI is InChI=1S/C16H32N6O.HI/c1-6-7-8-9-13(2)19-16(17-10-11-23-5)18-12-15-21-20-14(3)22(15)4;/h13H,6-12H2,1-5H3,(H2,17,18,19);1H. The van der Waals surface area contributed by atoms with Crippen molar-refractivity contribution in [2.75, 3.05) is 20.3 Å². The van der Waals surface area contributed by atoms with E-state index in [0.29, 0.717) is 19.2 Å². The predicted octanol–water partition coefficient (Wildman–Crippen LogP) is 2.39. The van der Waals surface area contributed by atoms with Gasteiger partial charge in [0, 0.05) is 26.7 Å². The molecule has 1 heterocycles. The molecule has 24 heavy (non-hydrogen) atoms. The first-order valence-corrected chi connectivity index (χ1v) is 8.47. The summed E-state index contributed by atoms with van der Waals surface area (Å²) in [5, 5.41) is 15.0. The van der Waals surface area contributed by atoms with E-state index in [1.165, 1.54) is 19.3 Å². The molecule has 0 saturated carbocycles. The zero-order chi connectivity index (χ0) is 17.1. The SMILES string of the molecule is CCCCCC(C)NC(=NCc1nnc(C)n1C)NCCOC.I. The second kappa shape index (κ2) is 13.4. The van der Waals surface area contributed by atoms with Crippen LogP contribution in [0.2, 0.25) is 0 Å². The number of aryl methyl sites for hydroxylation is 1. The summed E-state index contributed by atoms with van der Waals surface area (Å²) in [5.74, 6) is 2.55. The minimum Gasteiger partial charge on any atom is -0.383 e. The van der Waals surface area contributed by atoms with E-state index in [0.717, 1.165) is 30.6 Å². The predicted molar refractivity (Wildman–Crippen MR) is 109 cm³/mol. The van der Waals surface area contributed by atoms with Gasteiger partial charge in [-0.1, -0.05) is 26.2 Å². The van der Waals surface area contributed by atoms with Crippen LogP contribution in [-0.4, -0.2) is 47.0 Å². The Kier molecular flexibility index (Phi) is 12.9. The van der Waals surface area contributed by atoms with Gasteiger partial charge in [0.25, 0.3) is 0 Å². The Labute approximate surface area is 163 Å². The van der Waals surface area contributed by atoms with Crippen molar-refractivity contribution in [2.45, 2.75) is 59.0 Å². The highest BCUT2D eigenvalue weighted by atomic mass is 127.